The summed E-state index contributed by atoms with van der Waals surface area (Å²) >= 11 is 0. The average Bonchev–Trinajstić information content (AvgIpc) is 3.35. The Labute approximate surface area is 254 Å². The van der Waals surface area contributed by atoms with Gasteiger partial charge in [0.25, 0.3) is 0 Å². The van der Waals surface area contributed by atoms with Crippen molar-refractivity contribution in [2.45, 2.75) is 33.3 Å². The maximum Gasteiger partial charge on any atom is 0.379 e. The summed E-state index contributed by atoms with van der Waals surface area (Å²) in [5.41, 5.74) is 12.4. The van der Waals surface area contributed by atoms with Crippen LogP contribution in [-0.2, 0) is 6.61 Å². The van der Waals surface area contributed by atoms with Gasteiger partial charge in [0.05, 0.1) is 13.0 Å². The zero-order chi connectivity index (χ0) is 31.0. The van der Waals surface area contributed by atoms with Crippen molar-refractivity contribution >= 4 is 16.9 Å². The van der Waals surface area contributed by atoms with Crippen molar-refractivity contribution in [2.24, 2.45) is 5.73 Å². The van der Waals surface area contributed by atoms with Crippen LogP contribution in [-0.4, -0.2) is 13.1 Å². The van der Waals surface area contributed by atoms with Crippen molar-refractivity contribution in [3.63, 3.8) is 0 Å². The minimum Gasteiger partial charge on any atom is -0.493 e. The standard InChI is InChI=1S/C36H30N2O6/c1-20-14-21(2)32-22(3)34(43-31(32)15-20)36(39)42-25-11-12-26-29(17-25)44-35(38)27(18-37)33(26)24-10-13-28(30(16-24)40-4)41-19-23-8-6-5-7-9-23/h5-17,33H,19,38H2,1-4H3. The summed E-state index contributed by atoms with van der Waals surface area (Å²) in [4.78, 5) is 13.2. The molecule has 1 atom stereocenters. The lowest BCUT2D eigenvalue weighted by Crippen LogP contribution is -2.21. The fraction of sp³-hybridized carbons (Fsp3) is 0.167. The predicted molar refractivity (Wildman–Crippen MR) is 165 cm³/mol. The first-order chi connectivity index (χ1) is 21.3. The molecule has 1 unspecified atom stereocenters. The van der Waals surface area contributed by atoms with Crippen molar-refractivity contribution in [1.82, 2.24) is 0 Å². The van der Waals surface area contributed by atoms with E-state index in [9.17, 15) is 10.1 Å². The number of nitrogens with two attached hydrogens (primary N) is 1. The van der Waals surface area contributed by atoms with Crippen LogP contribution < -0.4 is 24.7 Å². The van der Waals surface area contributed by atoms with Gasteiger partial charge in [-0.05, 0) is 67.3 Å². The maximum atomic E-state index is 13.2. The number of fused-ring (bicyclic) bond motifs is 2. The van der Waals surface area contributed by atoms with E-state index < -0.39 is 11.9 Å². The Morgan fingerprint density at radius 1 is 0.977 bits per heavy atom. The predicted octanol–water partition coefficient (Wildman–Crippen LogP) is 7.38. The Hall–Kier alpha value is -5.68. The van der Waals surface area contributed by atoms with E-state index in [4.69, 9.17) is 29.1 Å². The Bertz CT molecular complexity index is 1980. The lowest BCUT2D eigenvalue weighted by molar-refractivity contribution is 0.0702. The number of hydrogen-bond acceptors (Lipinski definition) is 8. The summed E-state index contributed by atoms with van der Waals surface area (Å²) in [5, 5.41) is 10.9. The van der Waals surface area contributed by atoms with Gasteiger partial charge in [-0.25, -0.2) is 4.79 Å². The molecule has 1 aliphatic rings. The molecule has 220 valence electrons. The molecular formula is C36H30N2O6. The van der Waals surface area contributed by atoms with E-state index in [1.165, 1.54) is 0 Å². The fourth-order valence-electron chi connectivity index (χ4n) is 5.70. The van der Waals surface area contributed by atoms with E-state index in [1.807, 2.05) is 81.4 Å². The molecule has 2 N–H and O–H groups in total. The highest BCUT2D eigenvalue weighted by Crippen LogP contribution is 2.45. The van der Waals surface area contributed by atoms with Gasteiger partial charge in [0.2, 0.25) is 11.6 Å². The second-order valence-electron chi connectivity index (χ2n) is 10.7. The molecular weight excluding hydrogens is 556 g/mol. The second-order valence-corrected chi connectivity index (χ2v) is 10.7. The Morgan fingerprint density at radius 3 is 2.52 bits per heavy atom. The molecule has 44 heavy (non-hydrogen) atoms. The highest BCUT2D eigenvalue weighted by atomic mass is 16.5. The zero-order valence-corrected chi connectivity index (χ0v) is 24.8. The number of carbonyl (C=O) groups is 1. The molecule has 0 aliphatic carbocycles. The molecule has 0 radical (unpaired) electrons. The van der Waals surface area contributed by atoms with Crippen LogP contribution in [0, 0.1) is 32.1 Å². The van der Waals surface area contributed by atoms with Gasteiger partial charge in [0.1, 0.15) is 35.3 Å². The molecule has 0 saturated heterocycles. The Balaban J connectivity index is 1.29. The molecule has 5 aromatic rings. The van der Waals surface area contributed by atoms with Crippen LogP contribution in [0.1, 0.15) is 49.9 Å². The molecule has 0 fully saturated rings. The average molecular weight is 587 g/mol. The number of esters is 1. The molecule has 1 aromatic heterocycles. The molecule has 0 spiro atoms. The SMILES string of the molecule is COc1cc(C2C(C#N)=C(N)Oc3cc(OC(=O)c4oc5cc(C)cc(C)c5c4C)ccc32)ccc1OCc1ccccc1. The largest absolute Gasteiger partial charge is 0.493 e. The van der Waals surface area contributed by atoms with E-state index in [-0.39, 0.29) is 23.0 Å². The molecule has 0 saturated carbocycles. The minimum atomic E-state index is -0.625. The number of hydrogen-bond donors (Lipinski definition) is 1. The summed E-state index contributed by atoms with van der Waals surface area (Å²) in [6.07, 6.45) is 0. The molecule has 0 amide bonds. The summed E-state index contributed by atoms with van der Waals surface area (Å²) in [6.45, 7) is 6.18. The van der Waals surface area contributed by atoms with Crippen LogP contribution in [0.15, 0.2) is 94.7 Å². The summed E-state index contributed by atoms with van der Waals surface area (Å²) in [6, 6.07) is 26.5. The summed E-state index contributed by atoms with van der Waals surface area (Å²) in [5.74, 6) is 0.628. The number of rotatable bonds is 7. The quantitative estimate of drug-likeness (QED) is 0.155. The maximum absolute atomic E-state index is 13.2. The van der Waals surface area contributed by atoms with Crippen LogP contribution in [0.5, 0.6) is 23.0 Å². The minimum absolute atomic E-state index is 0.0316. The van der Waals surface area contributed by atoms with Gasteiger partial charge in [0.15, 0.2) is 11.5 Å². The van der Waals surface area contributed by atoms with Crippen molar-refractivity contribution in [2.75, 3.05) is 7.11 Å². The van der Waals surface area contributed by atoms with Crippen LogP contribution >= 0.6 is 0 Å². The van der Waals surface area contributed by atoms with Crippen LogP contribution in [0.25, 0.3) is 11.0 Å². The fourth-order valence-corrected chi connectivity index (χ4v) is 5.70. The number of carbonyl (C=O) groups excluding carboxylic acids is 1. The van der Waals surface area contributed by atoms with Crippen LogP contribution in [0.2, 0.25) is 0 Å². The first-order valence-corrected chi connectivity index (χ1v) is 14.1. The van der Waals surface area contributed by atoms with Gasteiger partial charge in [-0.15, -0.1) is 0 Å². The highest BCUT2D eigenvalue weighted by molar-refractivity contribution is 5.98. The van der Waals surface area contributed by atoms with Gasteiger partial charge in [-0.3, -0.25) is 0 Å². The summed E-state index contributed by atoms with van der Waals surface area (Å²) < 4.78 is 29.1. The molecule has 4 aromatic carbocycles. The van der Waals surface area contributed by atoms with E-state index in [2.05, 4.69) is 6.07 Å². The van der Waals surface area contributed by atoms with Gasteiger partial charge < -0.3 is 29.1 Å². The summed E-state index contributed by atoms with van der Waals surface area (Å²) in [7, 11) is 1.56. The van der Waals surface area contributed by atoms with E-state index >= 15 is 0 Å². The van der Waals surface area contributed by atoms with Gasteiger partial charge in [-0.2, -0.15) is 5.26 Å². The van der Waals surface area contributed by atoms with Crippen LogP contribution in [0.4, 0.5) is 0 Å². The van der Waals surface area contributed by atoms with Crippen molar-refractivity contribution < 1.29 is 28.2 Å². The zero-order valence-electron chi connectivity index (χ0n) is 24.8. The third kappa shape index (κ3) is 5.20. The molecule has 8 nitrogen and oxygen atoms in total. The molecule has 8 heteroatoms. The number of benzene rings is 4. The number of methoxy groups -OCH3 is 1. The van der Waals surface area contributed by atoms with Crippen LogP contribution in [0.3, 0.4) is 0 Å². The normalized spacial score (nSPS) is 14.0. The van der Waals surface area contributed by atoms with E-state index in [1.54, 1.807) is 25.3 Å². The van der Waals surface area contributed by atoms with E-state index in [0.717, 1.165) is 27.6 Å². The molecule has 0 bridgehead atoms. The van der Waals surface area contributed by atoms with Gasteiger partial charge >= 0.3 is 5.97 Å². The Morgan fingerprint density at radius 2 is 1.77 bits per heavy atom. The van der Waals surface area contributed by atoms with E-state index in [0.29, 0.717) is 40.6 Å². The Kier molecular flexibility index (Phi) is 7.46. The topological polar surface area (TPSA) is 117 Å². The van der Waals surface area contributed by atoms with Crippen molar-refractivity contribution in [1.29, 1.82) is 5.26 Å². The number of aryl methyl sites for hydroxylation is 3. The molecule has 6 rings (SSSR count). The second kappa shape index (κ2) is 11.5. The molecule has 2 heterocycles. The van der Waals surface area contributed by atoms with Crippen molar-refractivity contribution in [3.8, 4) is 29.1 Å². The lowest BCUT2D eigenvalue weighted by Gasteiger charge is -2.27. The highest BCUT2D eigenvalue weighted by Gasteiger charge is 2.32. The first kappa shape index (κ1) is 28.4. The number of nitriles is 1. The van der Waals surface area contributed by atoms with Gasteiger partial charge in [-0.1, -0.05) is 48.5 Å². The van der Waals surface area contributed by atoms with Gasteiger partial charge in [0, 0.05) is 22.6 Å². The number of ether oxygens (including phenoxy) is 4. The number of nitrogens with zero attached hydrogens (tertiary/aromatic N) is 1. The third-order valence-electron chi connectivity index (χ3n) is 7.72. The lowest BCUT2D eigenvalue weighted by atomic mass is 9.83. The number of allylic oxidation sites excluding steroid dienone is 1. The first-order valence-electron chi connectivity index (χ1n) is 14.1. The molecule has 1 aliphatic heterocycles. The van der Waals surface area contributed by atoms with Crippen molar-refractivity contribution in [3.05, 3.63) is 129 Å². The number of furan rings is 1. The monoisotopic (exact) mass is 586 g/mol. The third-order valence-corrected chi connectivity index (χ3v) is 7.72. The smallest absolute Gasteiger partial charge is 0.379 e.